The molecule has 17 heavy (non-hydrogen) atoms. The molecule has 1 aliphatic rings. The minimum absolute atomic E-state index is 0.309. The lowest BCUT2D eigenvalue weighted by Crippen LogP contribution is -2.01. The van der Waals surface area contributed by atoms with Crippen LogP contribution in [0.15, 0.2) is 36.4 Å². The van der Waals surface area contributed by atoms with Crippen LogP contribution < -0.4 is 0 Å². The third kappa shape index (κ3) is 1.97. The van der Waals surface area contributed by atoms with Crippen LogP contribution >= 0.6 is 0 Å². The van der Waals surface area contributed by atoms with Crippen molar-refractivity contribution in [3.05, 3.63) is 47.5 Å². The molecule has 0 aromatic heterocycles. The molecule has 2 aromatic rings. The number of carbonyl (C=O) groups excluding carboxylic acids is 1. The zero-order valence-electron chi connectivity index (χ0n) is 10.1. The molecular formula is C16H16O. The summed E-state index contributed by atoms with van der Waals surface area (Å²) in [6.45, 7) is 2.09. The highest BCUT2D eigenvalue weighted by Crippen LogP contribution is 2.34. The van der Waals surface area contributed by atoms with Crippen LogP contribution in [-0.2, 0) is 0 Å². The number of hydrogen-bond acceptors (Lipinski definition) is 1. The van der Waals surface area contributed by atoms with Crippen LogP contribution in [0.2, 0.25) is 0 Å². The van der Waals surface area contributed by atoms with Crippen LogP contribution in [0.25, 0.3) is 10.8 Å². The van der Waals surface area contributed by atoms with E-state index < -0.39 is 0 Å². The summed E-state index contributed by atoms with van der Waals surface area (Å²) in [7, 11) is 0. The molecule has 2 aromatic carbocycles. The molecule has 0 saturated heterocycles. The zero-order valence-corrected chi connectivity index (χ0v) is 10.1. The Morgan fingerprint density at radius 2 is 1.82 bits per heavy atom. The van der Waals surface area contributed by atoms with Gasteiger partial charge < -0.3 is 0 Å². The summed E-state index contributed by atoms with van der Waals surface area (Å²) in [6, 6.07) is 12.2. The number of benzene rings is 2. The summed E-state index contributed by atoms with van der Waals surface area (Å²) in [5.41, 5.74) is 2.14. The van der Waals surface area contributed by atoms with Gasteiger partial charge in [0.25, 0.3) is 0 Å². The molecule has 1 aliphatic carbocycles. The van der Waals surface area contributed by atoms with E-state index >= 15 is 0 Å². The minimum atomic E-state index is 0.309. The van der Waals surface area contributed by atoms with Gasteiger partial charge in [-0.05, 0) is 42.0 Å². The van der Waals surface area contributed by atoms with E-state index in [0.717, 1.165) is 17.4 Å². The fourth-order valence-electron chi connectivity index (χ4n) is 2.39. The molecule has 1 fully saturated rings. The van der Waals surface area contributed by atoms with Crippen LogP contribution in [-0.4, -0.2) is 5.78 Å². The second-order valence-electron chi connectivity index (χ2n) is 5.05. The minimum Gasteiger partial charge on any atom is -0.294 e. The van der Waals surface area contributed by atoms with Crippen LogP contribution in [0.5, 0.6) is 0 Å². The first-order valence-corrected chi connectivity index (χ1v) is 6.27. The molecule has 0 N–H and O–H groups in total. The lowest BCUT2D eigenvalue weighted by atomic mass is 9.96. The summed E-state index contributed by atoms with van der Waals surface area (Å²) in [6.07, 6.45) is 3.19. The Hall–Kier alpha value is -1.63. The maximum atomic E-state index is 12.2. The Labute approximate surface area is 101 Å². The molecule has 3 rings (SSSR count). The molecule has 0 unspecified atom stereocenters. The molecule has 0 atom stereocenters. The van der Waals surface area contributed by atoms with Crippen molar-refractivity contribution in [1.29, 1.82) is 0 Å². The predicted octanol–water partition coefficient (Wildman–Crippen LogP) is 4.13. The van der Waals surface area contributed by atoms with E-state index in [4.69, 9.17) is 0 Å². The molecule has 1 heteroatoms. The topological polar surface area (TPSA) is 17.1 Å². The molecule has 0 heterocycles. The predicted molar refractivity (Wildman–Crippen MR) is 70.4 cm³/mol. The Morgan fingerprint density at radius 3 is 2.53 bits per heavy atom. The van der Waals surface area contributed by atoms with E-state index in [1.54, 1.807) is 0 Å². The van der Waals surface area contributed by atoms with Gasteiger partial charge in [-0.3, -0.25) is 4.79 Å². The van der Waals surface area contributed by atoms with Gasteiger partial charge in [-0.2, -0.15) is 0 Å². The van der Waals surface area contributed by atoms with Crippen molar-refractivity contribution in [2.24, 2.45) is 5.92 Å². The highest BCUT2D eigenvalue weighted by Gasteiger charge is 2.25. The van der Waals surface area contributed by atoms with Crippen LogP contribution in [0.1, 0.15) is 35.2 Å². The smallest absolute Gasteiger partial charge is 0.163 e. The molecule has 0 aliphatic heterocycles. The average molecular weight is 224 g/mol. The summed E-state index contributed by atoms with van der Waals surface area (Å²) in [5, 5.41) is 2.31. The Morgan fingerprint density at radius 1 is 1.12 bits per heavy atom. The van der Waals surface area contributed by atoms with Crippen molar-refractivity contribution in [2.45, 2.75) is 26.2 Å². The Kier molecular flexibility index (Phi) is 2.47. The molecular weight excluding hydrogens is 208 g/mol. The van der Waals surface area contributed by atoms with Crippen molar-refractivity contribution < 1.29 is 4.79 Å². The van der Waals surface area contributed by atoms with E-state index in [2.05, 4.69) is 25.1 Å². The van der Waals surface area contributed by atoms with Gasteiger partial charge in [0.2, 0.25) is 0 Å². The standard InChI is InChI=1S/C16H16O/c1-11-6-9-15(16(17)10-12-7-8-12)14-5-3-2-4-13(11)14/h2-6,9,12H,7-8,10H2,1H3. The van der Waals surface area contributed by atoms with Gasteiger partial charge in [-0.15, -0.1) is 0 Å². The largest absolute Gasteiger partial charge is 0.294 e. The highest BCUT2D eigenvalue weighted by molar-refractivity contribution is 6.08. The maximum Gasteiger partial charge on any atom is 0.163 e. The summed E-state index contributed by atoms with van der Waals surface area (Å²) >= 11 is 0. The van der Waals surface area contributed by atoms with Crippen molar-refractivity contribution in [2.75, 3.05) is 0 Å². The zero-order chi connectivity index (χ0) is 11.8. The van der Waals surface area contributed by atoms with E-state index in [-0.39, 0.29) is 0 Å². The third-order valence-electron chi connectivity index (χ3n) is 3.61. The quantitative estimate of drug-likeness (QED) is 0.716. The number of ketones is 1. The third-order valence-corrected chi connectivity index (χ3v) is 3.61. The first-order valence-electron chi connectivity index (χ1n) is 6.27. The summed E-state index contributed by atoms with van der Waals surface area (Å²) < 4.78 is 0. The monoisotopic (exact) mass is 224 g/mol. The van der Waals surface area contributed by atoms with Crippen molar-refractivity contribution in [1.82, 2.24) is 0 Å². The first kappa shape index (κ1) is 10.5. The van der Waals surface area contributed by atoms with Gasteiger partial charge in [-0.25, -0.2) is 0 Å². The fraction of sp³-hybridized carbons (Fsp3) is 0.312. The van der Waals surface area contributed by atoms with Gasteiger partial charge in [0.05, 0.1) is 0 Å². The molecule has 86 valence electrons. The molecule has 1 saturated carbocycles. The number of Topliss-reactive ketones (excluding diaryl/α,β-unsaturated/α-hetero) is 1. The van der Waals surface area contributed by atoms with Crippen molar-refractivity contribution >= 4 is 16.6 Å². The van der Waals surface area contributed by atoms with E-state index in [9.17, 15) is 4.79 Å². The second-order valence-corrected chi connectivity index (χ2v) is 5.05. The average Bonchev–Trinajstić information content (AvgIpc) is 3.14. The Balaban J connectivity index is 2.09. The van der Waals surface area contributed by atoms with Gasteiger partial charge in [0.15, 0.2) is 5.78 Å². The van der Waals surface area contributed by atoms with E-state index in [1.165, 1.54) is 23.8 Å². The van der Waals surface area contributed by atoms with Crippen molar-refractivity contribution in [3.63, 3.8) is 0 Å². The normalized spacial score (nSPS) is 15.1. The van der Waals surface area contributed by atoms with Gasteiger partial charge in [0.1, 0.15) is 0 Å². The van der Waals surface area contributed by atoms with Gasteiger partial charge in [0, 0.05) is 12.0 Å². The lowest BCUT2D eigenvalue weighted by Gasteiger charge is -2.07. The van der Waals surface area contributed by atoms with E-state index in [1.807, 2.05) is 18.2 Å². The second kappa shape index (κ2) is 3.99. The SMILES string of the molecule is Cc1ccc(C(=O)CC2CC2)c2ccccc12. The van der Waals surface area contributed by atoms with Crippen LogP contribution in [0.3, 0.4) is 0 Å². The molecule has 0 amide bonds. The summed E-state index contributed by atoms with van der Waals surface area (Å²) in [4.78, 5) is 12.2. The number of hydrogen-bond donors (Lipinski definition) is 0. The number of aryl methyl sites for hydroxylation is 1. The van der Waals surface area contributed by atoms with Crippen molar-refractivity contribution in [3.8, 4) is 0 Å². The first-order chi connectivity index (χ1) is 8.25. The highest BCUT2D eigenvalue weighted by atomic mass is 16.1. The Bertz CT molecular complexity index is 579. The lowest BCUT2D eigenvalue weighted by molar-refractivity contribution is 0.0977. The molecule has 0 spiro atoms. The molecule has 1 nitrogen and oxygen atoms in total. The maximum absolute atomic E-state index is 12.2. The van der Waals surface area contributed by atoms with Crippen LogP contribution in [0.4, 0.5) is 0 Å². The number of carbonyl (C=O) groups is 1. The summed E-state index contributed by atoms with van der Waals surface area (Å²) in [5.74, 6) is 0.964. The number of rotatable bonds is 3. The number of fused-ring (bicyclic) bond motifs is 1. The molecule has 0 bridgehead atoms. The van der Waals surface area contributed by atoms with Crippen LogP contribution in [0, 0.1) is 12.8 Å². The van der Waals surface area contributed by atoms with Gasteiger partial charge >= 0.3 is 0 Å². The molecule has 0 radical (unpaired) electrons. The fourth-order valence-corrected chi connectivity index (χ4v) is 2.39. The van der Waals surface area contributed by atoms with E-state index in [0.29, 0.717) is 11.7 Å². The van der Waals surface area contributed by atoms with Gasteiger partial charge in [-0.1, -0.05) is 36.4 Å².